The molecule has 2 aliphatic rings. The molecule has 2 N–H and O–H groups in total. The van der Waals surface area contributed by atoms with E-state index >= 15 is 0 Å². The van der Waals surface area contributed by atoms with Crippen LogP contribution in [0.25, 0.3) is 11.1 Å². The van der Waals surface area contributed by atoms with Crippen molar-refractivity contribution in [2.75, 3.05) is 6.54 Å². The predicted octanol–water partition coefficient (Wildman–Crippen LogP) is 8.19. The van der Waals surface area contributed by atoms with Gasteiger partial charge in [-0.25, -0.2) is 0 Å². The number of hydrogen-bond acceptors (Lipinski definition) is 4. The van der Waals surface area contributed by atoms with Crippen LogP contribution < -0.4 is 10.5 Å². The van der Waals surface area contributed by atoms with E-state index in [2.05, 4.69) is 26.8 Å². The van der Waals surface area contributed by atoms with Gasteiger partial charge in [-0.1, -0.05) is 70.7 Å². The van der Waals surface area contributed by atoms with Crippen molar-refractivity contribution in [1.82, 2.24) is 0 Å². The first-order chi connectivity index (χ1) is 16.3. The monoisotopic (exact) mass is 487 g/mol. The van der Waals surface area contributed by atoms with Crippen LogP contribution in [0.15, 0.2) is 36.4 Å². The Balaban J connectivity index is 0.000000436. The molecule has 34 heavy (non-hydrogen) atoms. The summed E-state index contributed by atoms with van der Waals surface area (Å²) >= 11 is 6.25. The van der Waals surface area contributed by atoms with Crippen molar-refractivity contribution in [3.63, 3.8) is 0 Å². The Kier molecular flexibility index (Phi) is 11.6. The maximum absolute atomic E-state index is 11.6. The van der Waals surface area contributed by atoms with Crippen LogP contribution in [0.3, 0.4) is 0 Å². The van der Waals surface area contributed by atoms with Crippen LogP contribution in [-0.2, 0) is 11.3 Å². The predicted molar refractivity (Wildman–Crippen MR) is 143 cm³/mol. The van der Waals surface area contributed by atoms with Gasteiger partial charge in [-0.2, -0.15) is 0 Å². The van der Waals surface area contributed by atoms with Gasteiger partial charge >= 0.3 is 0 Å². The molecule has 1 heterocycles. The van der Waals surface area contributed by atoms with E-state index in [0.717, 1.165) is 60.6 Å². The summed E-state index contributed by atoms with van der Waals surface area (Å²) in [6.07, 6.45) is 8.29. The molecule has 1 fully saturated rings. The van der Waals surface area contributed by atoms with Crippen molar-refractivity contribution in [1.29, 1.82) is 0 Å². The quantitative estimate of drug-likeness (QED) is 0.417. The van der Waals surface area contributed by atoms with E-state index in [1.165, 1.54) is 26.2 Å². The zero-order chi connectivity index (χ0) is 25.1. The number of rotatable bonds is 6. The third-order valence-corrected chi connectivity index (χ3v) is 6.50. The number of nitrogens with two attached hydrogens (primary N) is 1. The molecule has 0 spiro atoms. The Bertz CT molecular complexity index is 918. The minimum atomic E-state index is -0.496. The molecule has 0 radical (unpaired) electrons. The minimum Gasteiger partial charge on any atom is -0.462 e. The summed E-state index contributed by atoms with van der Waals surface area (Å²) in [4.78, 5) is 11.6. The summed E-state index contributed by atoms with van der Waals surface area (Å²) in [5, 5.41) is 0.477. The third kappa shape index (κ3) is 7.83. The maximum Gasteiger partial charge on any atom is 0.210 e. The highest BCUT2D eigenvalue weighted by molar-refractivity contribution is 6.34. The lowest BCUT2D eigenvalue weighted by molar-refractivity contribution is -0.214. The van der Waals surface area contributed by atoms with Crippen LogP contribution in [0.2, 0.25) is 5.02 Å². The van der Waals surface area contributed by atoms with Gasteiger partial charge in [0.1, 0.15) is 5.75 Å². The zero-order valence-corrected chi connectivity index (χ0v) is 22.3. The molecule has 0 bridgehead atoms. The first-order valence-electron chi connectivity index (χ1n) is 12.8. The molecule has 0 atom stereocenters. The van der Waals surface area contributed by atoms with Gasteiger partial charge in [0.15, 0.2) is 5.78 Å². The van der Waals surface area contributed by atoms with Crippen LogP contribution >= 0.6 is 11.6 Å². The van der Waals surface area contributed by atoms with Gasteiger partial charge in [0.25, 0.3) is 0 Å². The molecule has 5 heteroatoms. The molecule has 1 aliphatic carbocycles. The summed E-state index contributed by atoms with van der Waals surface area (Å²) < 4.78 is 12.4. The lowest BCUT2D eigenvalue weighted by Crippen LogP contribution is -2.41. The van der Waals surface area contributed by atoms with E-state index in [4.69, 9.17) is 26.8 Å². The van der Waals surface area contributed by atoms with Crippen molar-refractivity contribution in [2.24, 2.45) is 11.7 Å². The number of ether oxygens (including phenoxy) is 2. The van der Waals surface area contributed by atoms with Gasteiger partial charge in [-0.15, -0.1) is 0 Å². The van der Waals surface area contributed by atoms with E-state index in [0.29, 0.717) is 17.2 Å². The maximum atomic E-state index is 11.6. The van der Waals surface area contributed by atoms with E-state index in [1.807, 2.05) is 31.2 Å². The Morgan fingerprint density at radius 3 is 2.09 bits per heavy atom. The van der Waals surface area contributed by atoms with Gasteiger partial charge in [-0.3, -0.25) is 4.79 Å². The van der Waals surface area contributed by atoms with Crippen LogP contribution in [0.4, 0.5) is 0 Å². The molecule has 0 unspecified atom stereocenters. The van der Waals surface area contributed by atoms with Gasteiger partial charge in [0.05, 0.1) is 11.6 Å². The Labute approximate surface area is 211 Å². The van der Waals surface area contributed by atoms with Gasteiger partial charge in [0, 0.05) is 24.0 Å². The number of hydrogen-bond donors (Lipinski definition) is 1. The third-order valence-electron chi connectivity index (χ3n) is 6.18. The zero-order valence-electron chi connectivity index (χ0n) is 21.6. The van der Waals surface area contributed by atoms with Crippen LogP contribution in [0.5, 0.6) is 5.75 Å². The summed E-state index contributed by atoms with van der Waals surface area (Å²) in [5.41, 5.74) is 8.44. The molecule has 2 aromatic rings. The van der Waals surface area contributed by atoms with Gasteiger partial charge < -0.3 is 15.2 Å². The molecule has 4 rings (SSSR count). The molecular formula is C29H42ClNO3. The van der Waals surface area contributed by atoms with Crippen molar-refractivity contribution in [3.05, 3.63) is 52.5 Å². The highest BCUT2D eigenvalue weighted by atomic mass is 35.5. The topological polar surface area (TPSA) is 61.5 Å². The average Bonchev–Trinajstić information content (AvgIpc) is 2.78. The molecule has 188 valence electrons. The summed E-state index contributed by atoms with van der Waals surface area (Å²) in [7, 11) is 0. The van der Waals surface area contributed by atoms with Crippen molar-refractivity contribution in [2.45, 2.75) is 92.0 Å². The highest BCUT2D eigenvalue weighted by Gasteiger charge is 2.36. The fourth-order valence-corrected chi connectivity index (χ4v) is 4.45. The van der Waals surface area contributed by atoms with Gasteiger partial charge in [-0.05, 0) is 67.6 Å². The lowest BCUT2D eigenvalue weighted by atomic mass is 9.88. The second-order valence-electron chi connectivity index (χ2n) is 9.32. The number of carbonyl (C=O) groups excluding carboxylic acids is 1. The van der Waals surface area contributed by atoms with E-state index in [-0.39, 0.29) is 5.78 Å². The molecule has 0 amide bonds. The number of carbonyl (C=O) groups is 1. The largest absolute Gasteiger partial charge is 0.462 e. The average molecular weight is 488 g/mol. The second kappa shape index (κ2) is 13.9. The van der Waals surface area contributed by atoms with Crippen LogP contribution in [-0.4, -0.2) is 18.1 Å². The fourth-order valence-electron chi connectivity index (χ4n) is 4.14. The lowest BCUT2D eigenvalue weighted by Gasteiger charge is -2.38. The van der Waals surface area contributed by atoms with Crippen molar-refractivity contribution < 1.29 is 14.3 Å². The summed E-state index contributed by atoms with van der Waals surface area (Å²) in [6.45, 7) is 11.3. The summed E-state index contributed by atoms with van der Waals surface area (Å²) in [6, 6.07) is 11.7. The molecular weight excluding hydrogens is 446 g/mol. The molecule has 1 aliphatic heterocycles. The fraction of sp³-hybridized carbons (Fsp3) is 0.552. The number of Topliss-reactive ketones (excluding diaryl/α,β-unsaturated/α-hetero) is 1. The second-order valence-corrected chi connectivity index (χ2v) is 9.73. The SMILES string of the molecule is CC1CCC1.CCCC1(CCC)OCc2cc(-c3ccc(C(C)=O)c(Cl)c3)ccc2O1.CCN. The van der Waals surface area contributed by atoms with Crippen molar-refractivity contribution in [3.8, 4) is 16.9 Å². The number of halogens is 1. The Hall–Kier alpha value is -1.88. The molecule has 0 aromatic heterocycles. The molecule has 2 aromatic carbocycles. The number of fused-ring (bicyclic) bond motifs is 1. The molecule has 4 nitrogen and oxygen atoms in total. The molecule has 1 saturated carbocycles. The smallest absolute Gasteiger partial charge is 0.210 e. The van der Waals surface area contributed by atoms with E-state index in [9.17, 15) is 4.79 Å². The normalized spacial score (nSPS) is 16.0. The van der Waals surface area contributed by atoms with Crippen LogP contribution in [0.1, 0.15) is 95.5 Å². The van der Waals surface area contributed by atoms with Crippen LogP contribution in [0, 0.1) is 5.92 Å². The van der Waals surface area contributed by atoms with Gasteiger partial charge in [0.2, 0.25) is 5.79 Å². The number of ketones is 1. The Morgan fingerprint density at radius 1 is 1.06 bits per heavy atom. The number of benzene rings is 2. The Morgan fingerprint density at radius 2 is 1.62 bits per heavy atom. The summed E-state index contributed by atoms with van der Waals surface area (Å²) in [5.74, 6) is 1.44. The molecule has 0 saturated heterocycles. The highest BCUT2D eigenvalue weighted by Crippen LogP contribution is 2.39. The minimum absolute atomic E-state index is 0.0306. The van der Waals surface area contributed by atoms with E-state index in [1.54, 1.807) is 6.07 Å². The first-order valence-corrected chi connectivity index (χ1v) is 13.1. The van der Waals surface area contributed by atoms with E-state index < -0.39 is 5.79 Å². The first kappa shape index (κ1) is 28.4. The van der Waals surface area contributed by atoms with Crippen molar-refractivity contribution >= 4 is 17.4 Å². The standard InChI is InChI=1S/C22H25ClO3.C5H10.C2H7N/c1-4-10-22(11-5-2)25-14-18-12-16(7-9-21(18)26-22)17-6-8-19(15(3)24)20(23)13-17;1-5-3-2-4-5;1-2-3/h6-9,12-13H,4-5,10-11,14H2,1-3H3;5H,2-4H2,1H3;2-3H2,1H3.